The van der Waals surface area contributed by atoms with Crippen LogP contribution < -0.4 is 16.4 Å². The van der Waals surface area contributed by atoms with Crippen LogP contribution in [-0.2, 0) is 0 Å². The highest BCUT2D eigenvalue weighted by Crippen LogP contribution is 2.24. The van der Waals surface area contributed by atoms with Crippen molar-refractivity contribution in [2.24, 2.45) is 0 Å². The average Bonchev–Trinajstić information content (AvgIpc) is 2.43. The molecule has 0 bridgehead atoms. The summed E-state index contributed by atoms with van der Waals surface area (Å²) < 4.78 is 0. The molecular formula is C15H16ClN3O. The van der Waals surface area contributed by atoms with Gasteiger partial charge < -0.3 is 16.4 Å². The molecule has 0 aliphatic rings. The number of rotatable bonds is 4. The molecule has 2 aromatic rings. The lowest BCUT2D eigenvalue weighted by atomic mass is 10.1. The lowest BCUT2D eigenvalue weighted by Gasteiger charge is -2.12. The summed E-state index contributed by atoms with van der Waals surface area (Å²) >= 11 is 5.85. The molecule has 2 rings (SSSR count). The quantitative estimate of drug-likeness (QED) is 0.756. The Morgan fingerprint density at radius 2 is 1.90 bits per heavy atom. The summed E-state index contributed by atoms with van der Waals surface area (Å²) in [6.07, 6.45) is 0. The summed E-state index contributed by atoms with van der Waals surface area (Å²) in [5, 5.41) is 6.62. The van der Waals surface area contributed by atoms with Gasteiger partial charge in [0, 0.05) is 22.9 Å². The van der Waals surface area contributed by atoms with E-state index in [9.17, 15) is 4.79 Å². The maximum Gasteiger partial charge on any atom is 0.253 e. The fourth-order valence-corrected chi connectivity index (χ4v) is 1.93. The molecule has 0 saturated heterocycles. The van der Waals surface area contributed by atoms with Crippen molar-refractivity contribution < 1.29 is 4.79 Å². The van der Waals surface area contributed by atoms with Crippen molar-refractivity contribution in [2.75, 3.05) is 17.6 Å². The molecule has 0 unspecified atom stereocenters. The summed E-state index contributed by atoms with van der Waals surface area (Å²) in [5.41, 5.74) is 8.37. The van der Waals surface area contributed by atoms with Crippen LogP contribution in [0.1, 0.15) is 17.3 Å². The van der Waals surface area contributed by atoms with Gasteiger partial charge in [0.2, 0.25) is 0 Å². The Morgan fingerprint density at radius 3 is 2.55 bits per heavy atom. The van der Waals surface area contributed by atoms with Crippen LogP contribution >= 0.6 is 11.6 Å². The number of anilines is 3. The third kappa shape index (κ3) is 3.42. The van der Waals surface area contributed by atoms with Gasteiger partial charge in [0.15, 0.2) is 0 Å². The molecule has 0 radical (unpaired) electrons. The van der Waals surface area contributed by atoms with Crippen LogP contribution in [0.4, 0.5) is 17.1 Å². The van der Waals surface area contributed by atoms with E-state index in [-0.39, 0.29) is 5.91 Å². The molecular weight excluding hydrogens is 274 g/mol. The highest BCUT2D eigenvalue weighted by atomic mass is 35.5. The van der Waals surface area contributed by atoms with Crippen molar-refractivity contribution >= 4 is 34.6 Å². The van der Waals surface area contributed by atoms with Crippen molar-refractivity contribution in [2.45, 2.75) is 6.92 Å². The van der Waals surface area contributed by atoms with Gasteiger partial charge in [-0.1, -0.05) is 11.6 Å². The molecule has 0 spiro atoms. The first kappa shape index (κ1) is 14.2. The number of nitrogens with one attached hydrogen (secondary N) is 2. The second kappa shape index (κ2) is 6.30. The first-order valence-electron chi connectivity index (χ1n) is 6.30. The Bertz CT molecular complexity index is 611. The van der Waals surface area contributed by atoms with E-state index in [1.807, 2.05) is 19.1 Å². The predicted molar refractivity (Wildman–Crippen MR) is 83.6 cm³/mol. The number of hydrogen-bond donors (Lipinski definition) is 3. The number of amides is 1. The molecule has 0 aliphatic heterocycles. The average molecular weight is 290 g/mol. The lowest BCUT2D eigenvalue weighted by molar-refractivity contribution is 0.0956. The minimum Gasteiger partial charge on any atom is -0.399 e. The molecule has 0 fully saturated rings. The van der Waals surface area contributed by atoms with Gasteiger partial charge in [-0.15, -0.1) is 0 Å². The highest BCUT2D eigenvalue weighted by Gasteiger charge is 2.11. The van der Waals surface area contributed by atoms with Crippen molar-refractivity contribution in [1.29, 1.82) is 0 Å². The third-order valence-corrected chi connectivity index (χ3v) is 3.00. The minimum absolute atomic E-state index is 0.156. The van der Waals surface area contributed by atoms with Crippen LogP contribution in [0, 0.1) is 0 Å². The molecule has 0 aromatic heterocycles. The zero-order valence-corrected chi connectivity index (χ0v) is 11.9. The highest BCUT2D eigenvalue weighted by molar-refractivity contribution is 6.30. The van der Waals surface area contributed by atoms with Gasteiger partial charge in [-0.2, -0.15) is 0 Å². The predicted octanol–water partition coefficient (Wildman–Crippen LogP) is 3.42. The van der Waals surface area contributed by atoms with Crippen LogP contribution in [0.15, 0.2) is 42.5 Å². The second-order valence-corrected chi connectivity index (χ2v) is 4.73. The molecule has 0 atom stereocenters. The van der Waals surface area contributed by atoms with E-state index < -0.39 is 0 Å². The van der Waals surface area contributed by atoms with Gasteiger partial charge in [0.05, 0.1) is 11.3 Å². The molecule has 2 aromatic carbocycles. The number of benzene rings is 2. The Morgan fingerprint density at radius 1 is 1.20 bits per heavy atom. The van der Waals surface area contributed by atoms with Crippen LogP contribution in [0.25, 0.3) is 0 Å². The van der Waals surface area contributed by atoms with Crippen molar-refractivity contribution in [3.05, 3.63) is 53.1 Å². The molecule has 0 saturated carbocycles. The summed E-state index contributed by atoms with van der Waals surface area (Å²) in [5.74, 6) is -0.156. The van der Waals surface area contributed by atoms with Crippen molar-refractivity contribution in [3.8, 4) is 0 Å². The fourth-order valence-electron chi connectivity index (χ4n) is 1.80. The van der Waals surface area contributed by atoms with E-state index in [1.165, 1.54) is 0 Å². The van der Waals surface area contributed by atoms with Gasteiger partial charge in [0.25, 0.3) is 5.91 Å². The first-order chi connectivity index (χ1) is 9.60. The van der Waals surface area contributed by atoms with Crippen molar-refractivity contribution in [1.82, 2.24) is 5.32 Å². The fraction of sp³-hybridized carbons (Fsp3) is 0.133. The number of nitrogen functional groups attached to an aromatic ring is 1. The topological polar surface area (TPSA) is 67.2 Å². The Kier molecular flexibility index (Phi) is 4.48. The smallest absolute Gasteiger partial charge is 0.253 e. The largest absolute Gasteiger partial charge is 0.399 e. The maximum atomic E-state index is 12.0. The van der Waals surface area contributed by atoms with Crippen LogP contribution in [0.2, 0.25) is 5.02 Å². The number of carbonyl (C=O) groups is 1. The van der Waals surface area contributed by atoms with E-state index in [0.717, 1.165) is 5.69 Å². The van der Waals surface area contributed by atoms with E-state index in [4.69, 9.17) is 17.3 Å². The second-order valence-electron chi connectivity index (χ2n) is 4.30. The van der Waals surface area contributed by atoms with E-state index in [0.29, 0.717) is 28.5 Å². The molecule has 4 nitrogen and oxygen atoms in total. The molecule has 0 heterocycles. The van der Waals surface area contributed by atoms with Crippen LogP contribution in [0.3, 0.4) is 0 Å². The Balaban J connectivity index is 2.31. The molecule has 20 heavy (non-hydrogen) atoms. The summed E-state index contributed by atoms with van der Waals surface area (Å²) in [7, 11) is 0. The summed E-state index contributed by atoms with van der Waals surface area (Å²) in [6, 6.07) is 12.5. The zero-order chi connectivity index (χ0) is 14.5. The van der Waals surface area contributed by atoms with Crippen molar-refractivity contribution in [3.63, 3.8) is 0 Å². The minimum atomic E-state index is -0.156. The molecule has 1 amide bonds. The van der Waals surface area contributed by atoms with Crippen LogP contribution in [-0.4, -0.2) is 12.5 Å². The number of halogens is 1. The third-order valence-electron chi connectivity index (χ3n) is 2.75. The summed E-state index contributed by atoms with van der Waals surface area (Å²) in [4.78, 5) is 12.0. The number of carbonyl (C=O) groups excluding carboxylic acids is 1. The SMILES string of the molecule is CCNC(=O)c1cc(N)ccc1Nc1ccc(Cl)cc1. The first-order valence-corrected chi connectivity index (χ1v) is 6.68. The summed E-state index contributed by atoms with van der Waals surface area (Å²) in [6.45, 7) is 2.44. The maximum absolute atomic E-state index is 12.0. The lowest BCUT2D eigenvalue weighted by Crippen LogP contribution is -2.23. The zero-order valence-electron chi connectivity index (χ0n) is 11.1. The monoisotopic (exact) mass is 289 g/mol. The van der Waals surface area contributed by atoms with Gasteiger partial charge in [-0.05, 0) is 49.4 Å². The Hall–Kier alpha value is -2.20. The van der Waals surface area contributed by atoms with E-state index >= 15 is 0 Å². The van der Waals surface area contributed by atoms with E-state index in [1.54, 1.807) is 30.3 Å². The standard InChI is InChI=1S/C15H16ClN3O/c1-2-18-15(20)13-9-11(17)5-8-14(13)19-12-6-3-10(16)4-7-12/h3-9,19H,2,17H2,1H3,(H,18,20). The number of nitrogens with two attached hydrogens (primary N) is 1. The van der Waals surface area contributed by atoms with Gasteiger partial charge in [-0.25, -0.2) is 0 Å². The van der Waals surface area contributed by atoms with Gasteiger partial charge >= 0.3 is 0 Å². The van der Waals surface area contributed by atoms with E-state index in [2.05, 4.69) is 10.6 Å². The molecule has 0 aliphatic carbocycles. The molecule has 104 valence electrons. The Labute approximate surface area is 122 Å². The molecule has 5 heteroatoms. The normalized spacial score (nSPS) is 10.1. The number of hydrogen-bond acceptors (Lipinski definition) is 3. The van der Waals surface area contributed by atoms with Gasteiger partial charge in [-0.3, -0.25) is 4.79 Å². The van der Waals surface area contributed by atoms with Gasteiger partial charge in [0.1, 0.15) is 0 Å². The van der Waals surface area contributed by atoms with Crippen LogP contribution in [0.5, 0.6) is 0 Å². The molecule has 4 N–H and O–H groups in total.